The van der Waals surface area contributed by atoms with Crippen molar-refractivity contribution >= 4 is 6.03 Å². The molecule has 1 fully saturated rings. The molecule has 2 amide bonds. The minimum Gasteiger partial charge on any atom is -0.378 e. The number of ether oxygens (including phenoxy) is 1. The van der Waals surface area contributed by atoms with Gasteiger partial charge in [0.05, 0.1) is 13.2 Å². The molecule has 1 heterocycles. The highest BCUT2D eigenvalue weighted by molar-refractivity contribution is 5.75. The van der Waals surface area contributed by atoms with Crippen LogP contribution >= 0.6 is 0 Å². The molecule has 0 spiro atoms. The van der Waals surface area contributed by atoms with Crippen molar-refractivity contribution in [1.29, 1.82) is 0 Å². The summed E-state index contributed by atoms with van der Waals surface area (Å²) < 4.78 is 5.05. The van der Waals surface area contributed by atoms with Gasteiger partial charge in [-0.1, -0.05) is 6.42 Å². The molecule has 0 radical (unpaired) electrons. The highest BCUT2D eigenvalue weighted by atomic mass is 16.5. The van der Waals surface area contributed by atoms with E-state index in [2.05, 4.69) is 11.4 Å². The number of carbonyl (C=O) groups excluding carboxylic acids is 1. The molecule has 0 saturated carbocycles. The summed E-state index contributed by atoms with van der Waals surface area (Å²) in [6.07, 6.45) is 4.90. The average Bonchev–Trinajstić information content (AvgIpc) is 2.07. The van der Waals surface area contributed by atoms with Crippen molar-refractivity contribution in [3.63, 3.8) is 0 Å². The van der Waals surface area contributed by atoms with Crippen LogP contribution in [0.1, 0.15) is 0 Å². The number of nitrogens with one attached hydrogen (secondary N) is 1. The Morgan fingerprint density at radius 1 is 1.55 bits per heavy atom. The topological polar surface area (TPSA) is 41.6 Å². The summed E-state index contributed by atoms with van der Waals surface area (Å²) >= 11 is 0. The van der Waals surface area contributed by atoms with Crippen molar-refractivity contribution in [2.75, 3.05) is 26.3 Å². The van der Waals surface area contributed by atoms with Crippen LogP contribution < -0.4 is 5.32 Å². The van der Waals surface area contributed by atoms with Crippen molar-refractivity contribution < 1.29 is 9.53 Å². The van der Waals surface area contributed by atoms with Gasteiger partial charge in [0.25, 0.3) is 0 Å². The largest absolute Gasteiger partial charge is 0.378 e. The van der Waals surface area contributed by atoms with Crippen LogP contribution in [0, 0.1) is 12.5 Å². The van der Waals surface area contributed by atoms with Gasteiger partial charge < -0.3 is 9.64 Å². The zero-order valence-electron chi connectivity index (χ0n) is 6.17. The van der Waals surface area contributed by atoms with E-state index in [9.17, 15) is 4.79 Å². The second kappa shape index (κ2) is 3.84. The minimum atomic E-state index is -0.212. The van der Waals surface area contributed by atoms with Crippen LogP contribution in [0.4, 0.5) is 4.79 Å². The number of amides is 2. The lowest BCUT2D eigenvalue weighted by Crippen LogP contribution is -2.44. The van der Waals surface area contributed by atoms with E-state index in [0.717, 1.165) is 0 Å². The van der Waals surface area contributed by atoms with Crippen LogP contribution in [0.15, 0.2) is 0 Å². The van der Waals surface area contributed by atoms with Gasteiger partial charge in [0, 0.05) is 19.1 Å². The minimum absolute atomic E-state index is 0.212. The summed E-state index contributed by atoms with van der Waals surface area (Å²) in [5.74, 6) is 0. The second-order valence-corrected chi connectivity index (χ2v) is 2.17. The zero-order valence-corrected chi connectivity index (χ0v) is 6.17. The fraction of sp³-hybridized carbons (Fsp3) is 0.571. The van der Waals surface area contributed by atoms with Gasteiger partial charge in [-0.25, -0.2) is 4.79 Å². The third-order valence-electron chi connectivity index (χ3n) is 1.48. The average molecular weight is 154 g/mol. The fourth-order valence-electron chi connectivity index (χ4n) is 0.907. The van der Waals surface area contributed by atoms with Gasteiger partial charge in [0.2, 0.25) is 0 Å². The molecule has 1 saturated heterocycles. The van der Waals surface area contributed by atoms with Gasteiger partial charge in [-0.05, 0) is 0 Å². The highest BCUT2D eigenvalue weighted by Crippen LogP contribution is 1.95. The number of hydrogen-bond donors (Lipinski definition) is 1. The van der Waals surface area contributed by atoms with Crippen LogP contribution in [-0.2, 0) is 4.74 Å². The van der Waals surface area contributed by atoms with E-state index in [1.807, 2.05) is 0 Å². The van der Waals surface area contributed by atoms with Gasteiger partial charge in [0.1, 0.15) is 0 Å². The molecule has 4 heteroatoms. The van der Waals surface area contributed by atoms with Gasteiger partial charge >= 0.3 is 6.03 Å². The molecule has 0 aromatic heterocycles. The molecule has 0 bridgehead atoms. The maximum atomic E-state index is 11.0. The van der Waals surface area contributed by atoms with Gasteiger partial charge in [-0.2, -0.15) is 0 Å². The molecule has 1 aliphatic heterocycles. The Bertz CT molecular complexity index is 179. The Morgan fingerprint density at radius 2 is 2.18 bits per heavy atom. The van der Waals surface area contributed by atoms with Crippen LogP contribution in [0.3, 0.4) is 0 Å². The molecular formula is C7H10N2O2. The Balaban J connectivity index is 2.34. The monoisotopic (exact) mass is 154 g/mol. The number of carbonyl (C=O) groups is 1. The van der Waals surface area contributed by atoms with E-state index in [0.29, 0.717) is 26.3 Å². The maximum absolute atomic E-state index is 11.0. The molecule has 0 aliphatic carbocycles. The van der Waals surface area contributed by atoms with E-state index in [1.54, 1.807) is 4.90 Å². The summed E-state index contributed by atoms with van der Waals surface area (Å²) in [4.78, 5) is 12.6. The van der Waals surface area contributed by atoms with E-state index in [-0.39, 0.29) is 6.03 Å². The number of morpholine rings is 1. The van der Waals surface area contributed by atoms with Crippen molar-refractivity contribution in [3.8, 4) is 12.5 Å². The zero-order chi connectivity index (χ0) is 8.10. The van der Waals surface area contributed by atoms with Gasteiger partial charge in [-0.15, -0.1) is 0 Å². The molecule has 1 aliphatic rings. The molecule has 0 aromatic carbocycles. The van der Waals surface area contributed by atoms with Crippen LogP contribution in [0.2, 0.25) is 0 Å². The number of rotatable bonds is 0. The molecule has 0 aromatic rings. The Labute approximate surface area is 65.5 Å². The molecule has 4 nitrogen and oxygen atoms in total. The molecule has 60 valence electrons. The van der Waals surface area contributed by atoms with Crippen molar-refractivity contribution in [2.45, 2.75) is 0 Å². The number of hydrogen-bond acceptors (Lipinski definition) is 2. The maximum Gasteiger partial charge on any atom is 0.329 e. The summed E-state index contributed by atoms with van der Waals surface area (Å²) in [5.41, 5.74) is 0. The van der Waals surface area contributed by atoms with Crippen molar-refractivity contribution in [2.24, 2.45) is 0 Å². The smallest absolute Gasteiger partial charge is 0.329 e. The molecular weight excluding hydrogens is 144 g/mol. The Morgan fingerprint density at radius 3 is 2.73 bits per heavy atom. The first-order valence-corrected chi connectivity index (χ1v) is 3.43. The first kappa shape index (κ1) is 7.89. The standard InChI is InChI=1S/C7H10N2O2/c1-2-8-7(10)9-3-5-11-6-4-9/h1H,3-6H2,(H,8,10). The van der Waals surface area contributed by atoms with E-state index in [1.165, 1.54) is 0 Å². The van der Waals surface area contributed by atoms with Crippen LogP contribution in [-0.4, -0.2) is 37.2 Å². The summed E-state index contributed by atoms with van der Waals surface area (Å²) in [6.45, 7) is 2.43. The van der Waals surface area contributed by atoms with Gasteiger partial charge in [0.15, 0.2) is 0 Å². The number of nitrogens with zero attached hydrogens (tertiary/aromatic N) is 1. The van der Waals surface area contributed by atoms with Crippen molar-refractivity contribution in [1.82, 2.24) is 10.2 Å². The fourth-order valence-corrected chi connectivity index (χ4v) is 0.907. The van der Waals surface area contributed by atoms with E-state index in [4.69, 9.17) is 11.2 Å². The first-order chi connectivity index (χ1) is 5.34. The molecule has 0 atom stereocenters. The molecule has 1 rings (SSSR count). The van der Waals surface area contributed by atoms with E-state index >= 15 is 0 Å². The molecule has 1 N–H and O–H groups in total. The lowest BCUT2D eigenvalue weighted by Gasteiger charge is -2.25. The summed E-state index contributed by atoms with van der Waals surface area (Å²) in [6, 6.07) is 1.87. The Hall–Kier alpha value is -1.21. The molecule has 0 unspecified atom stereocenters. The van der Waals surface area contributed by atoms with Gasteiger partial charge in [-0.3, -0.25) is 5.32 Å². The lowest BCUT2D eigenvalue weighted by molar-refractivity contribution is 0.0541. The molecule has 11 heavy (non-hydrogen) atoms. The second-order valence-electron chi connectivity index (χ2n) is 2.17. The van der Waals surface area contributed by atoms with Crippen molar-refractivity contribution in [3.05, 3.63) is 0 Å². The highest BCUT2D eigenvalue weighted by Gasteiger charge is 2.14. The quantitative estimate of drug-likeness (QED) is 0.381. The predicted octanol–water partition coefficient (Wildman–Crippen LogP) is -0.381. The number of urea groups is 1. The SMILES string of the molecule is C#CNC(=O)N1CCOCC1. The predicted molar refractivity (Wildman–Crippen MR) is 39.8 cm³/mol. The third-order valence-corrected chi connectivity index (χ3v) is 1.48. The number of terminal acetylenes is 1. The lowest BCUT2D eigenvalue weighted by atomic mass is 10.4. The normalized spacial score (nSPS) is 17.2. The third kappa shape index (κ3) is 2.13. The summed E-state index contributed by atoms with van der Waals surface area (Å²) in [7, 11) is 0. The summed E-state index contributed by atoms with van der Waals surface area (Å²) in [5, 5.41) is 2.27. The van der Waals surface area contributed by atoms with E-state index < -0.39 is 0 Å². The first-order valence-electron chi connectivity index (χ1n) is 3.43. The van der Waals surface area contributed by atoms with Crippen LogP contribution in [0.5, 0.6) is 0 Å². The Kier molecular flexibility index (Phi) is 2.75. The van der Waals surface area contributed by atoms with Crippen LogP contribution in [0.25, 0.3) is 0 Å².